The lowest BCUT2D eigenvalue weighted by Crippen LogP contribution is -2.00. The smallest absolute Gasteiger partial charge is 0.125 e. The molecule has 1 aliphatic carbocycles. The van der Waals surface area contributed by atoms with Crippen molar-refractivity contribution in [2.24, 2.45) is 0 Å². The lowest BCUT2D eigenvalue weighted by molar-refractivity contribution is 0.218. The summed E-state index contributed by atoms with van der Waals surface area (Å²) in [4.78, 5) is 2.41. The Morgan fingerprint density at radius 1 is 1.25 bits per heavy atom. The first-order valence-electron chi connectivity index (χ1n) is 6.82. The number of methoxy groups -OCH3 is 1. The molecule has 0 saturated heterocycles. The summed E-state index contributed by atoms with van der Waals surface area (Å²) in [5.41, 5.74) is 2.13. The van der Waals surface area contributed by atoms with Gasteiger partial charge in [0, 0.05) is 20.3 Å². The van der Waals surface area contributed by atoms with Crippen molar-refractivity contribution in [3.63, 3.8) is 0 Å². The number of thiophene rings is 1. The first-order valence-corrected chi connectivity index (χ1v) is 8.01. The summed E-state index contributed by atoms with van der Waals surface area (Å²) < 4.78 is 5.33. The topological polar surface area (TPSA) is 29.5 Å². The van der Waals surface area contributed by atoms with Crippen LogP contribution in [0.25, 0.3) is 0 Å². The highest BCUT2D eigenvalue weighted by molar-refractivity contribution is 7.12. The van der Waals surface area contributed by atoms with Crippen LogP contribution in [0.15, 0.2) is 24.3 Å². The number of aryl methyl sites for hydroxylation is 2. The fraction of sp³-hybridized carbons (Fsp3) is 0.375. The summed E-state index contributed by atoms with van der Waals surface area (Å²) in [6.45, 7) is 0. The van der Waals surface area contributed by atoms with E-state index in [1.54, 1.807) is 36.6 Å². The van der Waals surface area contributed by atoms with Crippen LogP contribution < -0.4 is 4.74 Å². The van der Waals surface area contributed by atoms with Crippen molar-refractivity contribution in [2.45, 2.75) is 31.8 Å². The van der Waals surface area contributed by atoms with Gasteiger partial charge in [-0.1, -0.05) is 11.6 Å². The van der Waals surface area contributed by atoms with E-state index in [1.807, 2.05) is 0 Å². The Morgan fingerprint density at radius 2 is 2.05 bits per heavy atom. The molecule has 0 amide bonds. The third-order valence-electron chi connectivity index (χ3n) is 3.77. The molecule has 0 fully saturated rings. The SMILES string of the molecule is COc1ccc(Cl)cc1C(O)c1cc2c(s1)CCCC2. The highest BCUT2D eigenvalue weighted by atomic mass is 35.5. The molecule has 3 rings (SSSR count). The molecule has 0 spiro atoms. The van der Waals surface area contributed by atoms with Crippen molar-refractivity contribution in [2.75, 3.05) is 7.11 Å². The molecule has 2 aromatic rings. The highest BCUT2D eigenvalue weighted by Crippen LogP contribution is 2.38. The summed E-state index contributed by atoms with van der Waals surface area (Å²) in [7, 11) is 1.61. The molecule has 20 heavy (non-hydrogen) atoms. The second kappa shape index (κ2) is 5.76. The van der Waals surface area contributed by atoms with Crippen molar-refractivity contribution in [1.29, 1.82) is 0 Å². The molecule has 0 radical (unpaired) electrons. The molecule has 1 unspecified atom stereocenters. The predicted molar refractivity (Wildman–Crippen MR) is 83.0 cm³/mol. The zero-order valence-electron chi connectivity index (χ0n) is 11.4. The Labute approximate surface area is 128 Å². The van der Waals surface area contributed by atoms with Crippen molar-refractivity contribution in [1.82, 2.24) is 0 Å². The number of aliphatic hydroxyl groups is 1. The fourth-order valence-electron chi connectivity index (χ4n) is 2.72. The van der Waals surface area contributed by atoms with E-state index < -0.39 is 6.10 Å². The van der Waals surface area contributed by atoms with Gasteiger partial charge in [-0.2, -0.15) is 0 Å². The van der Waals surface area contributed by atoms with Gasteiger partial charge in [0.05, 0.1) is 7.11 Å². The van der Waals surface area contributed by atoms with Crippen molar-refractivity contribution in [3.8, 4) is 5.75 Å². The van der Waals surface area contributed by atoms with Gasteiger partial charge in [0.15, 0.2) is 0 Å². The van der Waals surface area contributed by atoms with Gasteiger partial charge in [-0.15, -0.1) is 11.3 Å². The van der Waals surface area contributed by atoms with Crippen LogP contribution in [0, 0.1) is 0 Å². The molecule has 1 N–H and O–H groups in total. The number of hydrogen-bond donors (Lipinski definition) is 1. The van der Waals surface area contributed by atoms with E-state index in [0.29, 0.717) is 10.8 Å². The molecule has 1 atom stereocenters. The van der Waals surface area contributed by atoms with Crippen LogP contribution in [-0.4, -0.2) is 12.2 Å². The van der Waals surface area contributed by atoms with E-state index in [-0.39, 0.29) is 0 Å². The lowest BCUT2D eigenvalue weighted by Gasteiger charge is -2.13. The number of ether oxygens (including phenoxy) is 1. The zero-order chi connectivity index (χ0) is 14.1. The molecule has 1 heterocycles. The minimum Gasteiger partial charge on any atom is -0.496 e. The number of halogens is 1. The molecular formula is C16H17ClO2S. The molecule has 0 aliphatic heterocycles. The number of rotatable bonds is 3. The van der Waals surface area contributed by atoms with Gasteiger partial charge in [-0.05, 0) is 55.5 Å². The maximum Gasteiger partial charge on any atom is 0.125 e. The maximum atomic E-state index is 10.6. The van der Waals surface area contributed by atoms with E-state index in [0.717, 1.165) is 23.3 Å². The largest absolute Gasteiger partial charge is 0.496 e. The molecule has 0 bridgehead atoms. The average molecular weight is 309 g/mol. The molecular weight excluding hydrogens is 292 g/mol. The maximum absolute atomic E-state index is 10.6. The second-order valence-electron chi connectivity index (χ2n) is 5.09. The second-order valence-corrected chi connectivity index (χ2v) is 6.70. The van der Waals surface area contributed by atoms with Crippen LogP contribution in [-0.2, 0) is 12.8 Å². The minimum atomic E-state index is -0.667. The predicted octanol–water partition coefficient (Wildman–Crippen LogP) is 4.37. The van der Waals surface area contributed by atoms with Gasteiger partial charge in [0.25, 0.3) is 0 Å². The number of benzene rings is 1. The third kappa shape index (κ3) is 2.58. The van der Waals surface area contributed by atoms with Crippen LogP contribution >= 0.6 is 22.9 Å². The lowest BCUT2D eigenvalue weighted by atomic mass is 9.98. The van der Waals surface area contributed by atoms with Crippen molar-refractivity contribution < 1.29 is 9.84 Å². The highest BCUT2D eigenvalue weighted by Gasteiger charge is 2.21. The summed E-state index contributed by atoms with van der Waals surface area (Å²) in [5.74, 6) is 0.674. The van der Waals surface area contributed by atoms with E-state index in [2.05, 4.69) is 6.07 Å². The average Bonchev–Trinajstić information content (AvgIpc) is 2.90. The van der Waals surface area contributed by atoms with Gasteiger partial charge in [-0.3, -0.25) is 0 Å². The Kier molecular flexibility index (Phi) is 4.01. The summed E-state index contributed by atoms with van der Waals surface area (Å²) in [6, 6.07) is 7.50. The van der Waals surface area contributed by atoms with E-state index in [9.17, 15) is 5.11 Å². The number of fused-ring (bicyclic) bond motifs is 1. The van der Waals surface area contributed by atoms with Crippen molar-refractivity contribution >= 4 is 22.9 Å². The van der Waals surface area contributed by atoms with Crippen LogP contribution in [0.5, 0.6) is 5.75 Å². The van der Waals surface area contributed by atoms with Gasteiger partial charge < -0.3 is 9.84 Å². The van der Waals surface area contributed by atoms with Crippen LogP contribution in [0.4, 0.5) is 0 Å². The fourth-order valence-corrected chi connectivity index (χ4v) is 4.16. The molecule has 106 valence electrons. The van der Waals surface area contributed by atoms with E-state index in [4.69, 9.17) is 16.3 Å². The molecule has 1 aliphatic rings. The zero-order valence-corrected chi connectivity index (χ0v) is 12.9. The van der Waals surface area contributed by atoms with Gasteiger partial charge in [-0.25, -0.2) is 0 Å². The van der Waals surface area contributed by atoms with Crippen LogP contribution in [0.3, 0.4) is 0 Å². The number of hydrogen-bond acceptors (Lipinski definition) is 3. The van der Waals surface area contributed by atoms with Gasteiger partial charge in [0.1, 0.15) is 11.9 Å². The normalized spacial score (nSPS) is 15.8. The van der Waals surface area contributed by atoms with Crippen molar-refractivity contribution in [3.05, 3.63) is 50.2 Å². The van der Waals surface area contributed by atoms with Gasteiger partial charge in [0.2, 0.25) is 0 Å². The third-order valence-corrected chi connectivity index (χ3v) is 5.30. The monoisotopic (exact) mass is 308 g/mol. The number of aliphatic hydroxyl groups excluding tert-OH is 1. The molecule has 0 saturated carbocycles. The van der Waals surface area contributed by atoms with Crippen LogP contribution in [0.2, 0.25) is 5.02 Å². The first-order chi connectivity index (χ1) is 9.69. The summed E-state index contributed by atoms with van der Waals surface area (Å²) in [6.07, 6.45) is 4.10. The molecule has 4 heteroatoms. The summed E-state index contributed by atoms with van der Waals surface area (Å²) >= 11 is 7.76. The van der Waals surface area contributed by atoms with E-state index in [1.165, 1.54) is 23.3 Å². The Balaban J connectivity index is 1.97. The first kappa shape index (κ1) is 13.9. The Morgan fingerprint density at radius 3 is 2.80 bits per heavy atom. The Hall–Kier alpha value is -1.03. The summed E-state index contributed by atoms with van der Waals surface area (Å²) in [5, 5.41) is 11.3. The van der Waals surface area contributed by atoms with E-state index >= 15 is 0 Å². The van der Waals surface area contributed by atoms with Crippen LogP contribution in [0.1, 0.15) is 39.8 Å². The van der Waals surface area contributed by atoms with Gasteiger partial charge >= 0.3 is 0 Å². The standard InChI is InChI=1S/C16H17ClO2S/c1-19-13-7-6-11(17)9-12(13)16(18)15-8-10-4-2-3-5-14(10)20-15/h6-9,16,18H,2-5H2,1H3. The molecule has 1 aromatic carbocycles. The quantitative estimate of drug-likeness (QED) is 0.912. The molecule has 2 nitrogen and oxygen atoms in total. The minimum absolute atomic E-state index is 0.612. The molecule has 1 aromatic heterocycles. The Bertz CT molecular complexity index is 597.